The van der Waals surface area contributed by atoms with Gasteiger partial charge in [-0.2, -0.15) is 4.79 Å². The number of aryl methyl sites for hydroxylation is 2. The number of rotatable bonds is 17. The number of quaternary nitrogens is 2. The third-order valence-electron chi connectivity index (χ3n) is 8.46. The molecule has 240 valence electrons. The van der Waals surface area contributed by atoms with Crippen LogP contribution in [0.5, 0.6) is 11.5 Å². The predicted molar refractivity (Wildman–Crippen MR) is 178 cm³/mol. The number of carbonyl (C=O) groups is 2. The fourth-order valence-corrected chi connectivity index (χ4v) is 5.17. The molecule has 0 heterocycles. The fourth-order valence-electron chi connectivity index (χ4n) is 5.17. The summed E-state index contributed by atoms with van der Waals surface area (Å²) < 4.78 is 12.5. The van der Waals surface area contributed by atoms with Crippen molar-refractivity contribution in [1.29, 1.82) is 0 Å². The Hall–Kier alpha value is -2.70. The maximum absolute atomic E-state index is 12.9. The number of benzene rings is 2. The van der Waals surface area contributed by atoms with E-state index in [1.807, 2.05) is 52.2 Å². The smallest absolute Gasteiger partial charge is 0.422 e. The van der Waals surface area contributed by atoms with E-state index in [1.54, 1.807) is 0 Å². The standard InChI is InChI=1S/C37H60N2O4/c1-28(2)32-21-19-30(5)34(25-32)42-36(40)27-38(7,8)23-17-15-13-11-12-14-16-18-24-39(9,10)37(41)43-35-26-33(29(3)4)22-20-31(35)6/h19-22,25-26,28-29H,11-18,23-24,27H2,1-10H3/q+2. The first kappa shape index (κ1) is 36.5. The van der Waals surface area contributed by atoms with Crippen LogP contribution in [0, 0.1) is 13.8 Å². The van der Waals surface area contributed by atoms with E-state index in [4.69, 9.17) is 9.47 Å². The highest BCUT2D eigenvalue weighted by molar-refractivity contribution is 5.74. The second kappa shape index (κ2) is 17.0. The lowest BCUT2D eigenvalue weighted by atomic mass is 10.0. The first-order valence-electron chi connectivity index (χ1n) is 16.4. The van der Waals surface area contributed by atoms with Crippen molar-refractivity contribution in [2.45, 2.75) is 105 Å². The Balaban J connectivity index is 1.60. The van der Waals surface area contributed by atoms with Crippen molar-refractivity contribution >= 4 is 12.1 Å². The van der Waals surface area contributed by atoms with Crippen molar-refractivity contribution in [2.75, 3.05) is 47.8 Å². The number of ether oxygens (including phenoxy) is 2. The molecule has 0 saturated carbocycles. The zero-order chi connectivity index (χ0) is 32.2. The Bertz CT molecular complexity index is 1180. The Morgan fingerprint density at radius 3 is 1.51 bits per heavy atom. The zero-order valence-corrected chi connectivity index (χ0v) is 28.9. The molecule has 0 spiro atoms. The molecule has 0 aliphatic rings. The van der Waals surface area contributed by atoms with E-state index in [2.05, 4.69) is 53.9 Å². The maximum atomic E-state index is 12.9. The summed E-state index contributed by atoms with van der Waals surface area (Å²) in [7, 11) is 8.10. The van der Waals surface area contributed by atoms with Gasteiger partial charge in [-0.3, -0.25) is 0 Å². The summed E-state index contributed by atoms with van der Waals surface area (Å²) in [6.45, 7) is 14.7. The van der Waals surface area contributed by atoms with Gasteiger partial charge in [-0.15, -0.1) is 0 Å². The highest BCUT2D eigenvalue weighted by atomic mass is 16.6. The predicted octanol–water partition coefficient (Wildman–Crippen LogP) is 8.93. The first-order valence-corrected chi connectivity index (χ1v) is 16.4. The van der Waals surface area contributed by atoms with E-state index in [-0.39, 0.29) is 16.5 Å². The molecule has 0 radical (unpaired) electrons. The summed E-state index contributed by atoms with van der Waals surface area (Å²) in [6, 6.07) is 12.3. The Kier molecular flexibility index (Phi) is 14.4. The van der Waals surface area contributed by atoms with Crippen molar-refractivity contribution < 1.29 is 28.0 Å². The molecule has 0 N–H and O–H groups in total. The number of hydrogen-bond donors (Lipinski definition) is 0. The summed E-state index contributed by atoms with van der Waals surface area (Å²) in [4.78, 5) is 25.6. The van der Waals surface area contributed by atoms with Crippen LogP contribution < -0.4 is 9.47 Å². The van der Waals surface area contributed by atoms with E-state index < -0.39 is 0 Å². The number of carbonyl (C=O) groups excluding carboxylic acids is 2. The van der Waals surface area contributed by atoms with Gasteiger partial charge in [-0.1, -0.05) is 77.6 Å². The third kappa shape index (κ3) is 12.8. The summed E-state index contributed by atoms with van der Waals surface area (Å²) in [5.74, 6) is 1.98. The highest BCUT2D eigenvalue weighted by Gasteiger charge is 2.29. The zero-order valence-electron chi connectivity index (χ0n) is 28.9. The van der Waals surface area contributed by atoms with E-state index >= 15 is 0 Å². The van der Waals surface area contributed by atoms with Crippen LogP contribution in [0.4, 0.5) is 4.79 Å². The second-order valence-corrected chi connectivity index (χ2v) is 14.3. The van der Waals surface area contributed by atoms with E-state index in [9.17, 15) is 9.59 Å². The summed E-state index contributed by atoms with van der Waals surface area (Å²) >= 11 is 0. The third-order valence-corrected chi connectivity index (χ3v) is 8.46. The summed E-state index contributed by atoms with van der Waals surface area (Å²) in [5.41, 5.74) is 4.34. The molecule has 0 aromatic heterocycles. The van der Waals surface area contributed by atoms with Crippen LogP contribution in [-0.2, 0) is 4.79 Å². The van der Waals surface area contributed by atoms with Crippen molar-refractivity contribution in [3.05, 3.63) is 58.7 Å². The molecule has 2 aromatic carbocycles. The Labute approximate surface area is 262 Å². The van der Waals surface area contributed by atoms with Crippen LogP contribution in [0.25, 0.3) is 0 Å². The van der Waals surface area contributed by atoms with Gasteiger partial charge >= 0.3 is 12.1 Å². The van der Waals surface area contributed by atoms with Crippen LogP contribution >= 0.6 is 0 Å². The van der Waals surface area contributed by atoms with E-state index in [1.165, 1.54) is 43.2 Å². The topological polar surface area (TPSA) is 52.6 Å². The minimum atomic E-state index is -0.200. The van der Waals surface area contributed by atoms with Crippen molar-refractivity contribution in [3.8, 4) is 11.5 Å². The van der Waals surface area contributed by atoms with Gasteiger partial charge in [-0.25, -0.2) is 9.28 Å². The molecule has 0 aliphatic heterocycles. The van der Waals surface area contributed by atoms with Gasteiger partial charge < -0.3 is 14.0 Å². The lowest BCUT2D eigenvalue weighted by molar-refractivity contribution is -0.883. The second-order valence-electron chi connectivity index (χ2n) is 14.3. The molecular weight excluding hydrogens is 536 g/mol. The average molecular weight is 597 g/mol. The van der Waals surface area contributed by atoms with Crippen LogP contribution in [-0.4, -0.2) is 68.9 Å². The number of esters is 1. The largest absolute Gasteiger partial charge is 0.521 e. The lowest BCUT2D eigenvalue weighted by Crippen LogP contribution is -2.48. The van der Waals surface area contributed by atoms with E-state index in [0.29, 0.717) is 34.4 Å². The fraction of sp³-hybridized carbons (Fsp3) is 0.622. The summed E-state index contributed by atoms with van der Waals surface area (Å²) in [6.07, 6.45) is 9.08. The molecule has 2 rings (SSSR count). The van der Waals surface area contributed by atoms with Gasteiger partial charge in [0.15, 0.2) is 6.54 Å². The SMILES string of the molecule is Cc1ccc(C(C)C)cc1OC(=O)C[N+](C)(C)CCCCCCCCCC[N+](C)(C)C(=O)Oc1cc(C(C)C)ccc1C. The first-order chi connectivity index (χ1) is 20.1. The van der Waals surface area contributed by atoms with Gasteiger partial charge in [0.25, 0.3) is 0 Å². The minimum absolute atomic E-state index is 0.167. The van der Waals surface area contributed by atoms with Crippen molar-refractivity contribution in [2.24, 2.45) is 0 Å². The molecule has 0 aliphatic carbocycles. The molecule has 6 heteroatoms. The number of likely N-dealkylation sites (N-methyl/N-ethyl adjacent to an activating group) is 1. The van der Waals surface area contributed by atoms with Crippen molar-refractivity contribution in [1.82, 2.24) is 0 Å². The quantitative estimate of drug-likeness (QED) is 0.0792. The van der Waals surface area contributed by atoms with Crippen LogP contribution in [0.1, 0.15) is 113 Å². The Morgan fingerprint density at radius 2 is 1.05 bits per heavy atom. The van der Waals surface area contributed by atoms with Crippen LogP contribution in [0.3, 0.4) is 0 Å². The normalized spacial score (nSPS) is 12.2. The Morgan fingerprint density at radius 1 is 0.628 bits per heavy atom. The lowest BCUT2D eigenvalue weighted by Gasteiger charge is -2.28. The molecule has 0 unspecified atom stereocenters. The molecule has 0 bridgehead atoms. The van der Waals surface area contributed by atoms with Gasteiger partial charge in [0.05, 0.1) is 41.3 Å². The monoisotopic (exact) mass is 596 g/mol. The number of hydrogen-bond acceptors (Lipinski definition) is 4. The van der Waals surface area contributed by atoms with Crippen LogP contribution in [0.2, 0.25) is 0 Å². The molecule has 2 aromatic rings. The van der Waals surface area contributed by atoms with Gasteiger partial charge in [-0.05, 0) is 85.8 Å². The molecule has 0 atom stereocenters. The maximum Gasteiger partial charge on any atom is 0.521 e. The molecule has 1 amide bonds. The number of nitrogens with zero attached hydrogens (tertiary/aromatic N) is 2. The van der Waals surface area contributed by atoms with Crippen molar-refractivity contribution in [3.63, 3.8) is 0 Å². The molecule has 0 fully saturated rings. The number of amides is 1. The van der Waals surface area contributed by atoms with Crippen LogP contribution in [0.15, 0.2) is 36.4 Å². The average Bonchev–Trinajstić information content (AvgIpc) is 2.91. The molecule has 43 heavy (non-hydrogen) atoms. The van der Waals surface area contributed by atoms with Gasteiger partial charge in [0.2, 0.25) is 0 Å². The highest BCUT2D eigenvalue weighted by Crippen LogP contribution is 2.26. The number of unbranched alkanes of at least 4 members (excludes halogenated alkanes) is 7. The van der Waals surface area contributed by atoms with Gasteiger partial charge in [0, 0.05) is 0 Å². The van der Waals surface area contributed by atoms with Gasteiger partial charge in [0.1, 0.15) is 11.5 Å². The summed E-state index contributed by atoms with van der Waals surface area (Å²) in [5, 5.41) is 0. The minimum Gasteiger partial charge on any atom is -0.422 e. The molecule has 6 nitrogen and oxygen atoms in total. The molecule has 0 saturated heterocycles. The molecular formula is C37H60N2O4+2. The van der Waals surface area contributed by atoms with E-state index in [0.717, 1.165) is 43.5 Å².